The van der Waals surface area contributed by atoms with Crippen molar-refractivity contribution >= 4 is 11.8 Å². The lowest BCUT2D eigenvalue weighted by Crippen LogP contribution is -2.51. The molecule has 0 aliphatic carbocycles. The first-order valence-corrected chi connectivity index (χ1v) is 4.37. The van der Waals surface area contributed by atoms with Gasteiger partial charge in [-0.15, -0.1) is 0 Å². The molecule has 13 heavy (non-hydrogen) atoms. The monoisotopic (exact) mass is 184 g/mol. The molecule has 2 aliphatic rings. The van der Waals surface area contributed by atoms with E-state index in [0.717, 1.165) is 6.42 Å². The Labute approximate surface area is 75.5 Å². The zero-order chi connectivity index (χ0) is 9.64. The lowest BCUT2D eigenvalue weighted by molar-refractivity contribution is -0.138. The van der Waals surface area contributed by atoms with E-state index < -0.39 is 11.5 Å². The molecule has 72 valence electrons. The first-order valence-electron chi connectivity index (χ1n) is 4.37. The molecule has 2 amide bonds. The predicted molar refractivity (Wildman–Crippen MR) is 43.5 cm³/mol. The molecule has 0 aromatic carbocycles. The van der Waals surface area contributed by atoms with Gasteiger partial charge in [0.2, 0.25) is 5.91 Å². The maximum atomic E-state index is 11.3. The number of fused-ring (bicyclic) bond motifs is 1. The summed E-state index contributed by atoms with van der Waals surface area (Å²) in [6.07, 6.45) is 1.37. The van der Waals surface area contributed by atoms with Gasteiger partial charge in [0.1, 0.15) is 0 Å². The second-order valence-electron chi connectivity index (χ2n) is 3.71. The van der Waals surface area contributed by atoms with Crippen molar-refractivity contribution in [3.63, 3.8) is 0 Å². The standard InChI is InChI=1S/C8H12N2O3/c9-7(12)8(13)4-6(11)10-3-1-2-5(8)10/h5,13H,1-4H2,(H2,9,12). The van der Waals surface area contributed by atoms with Gasteiger partial charge in [0.05, 0.1) is 12.5 Å². The highest BCUT2D eigenvalue weighted by Crippen LogP contribution is 2.36. The Bertz CT molecular complexity index is 279. The fourth-order valence-electron chi connectivity index (χ4n) is 2.26. The van der Waals surface area contributed by atoms with Gasteiger partial charge in [-0.25, -0.2) is 0 Å². The number of aliphatic hydroxyl groups is 1. The lowest BCUT2D eigenvalue weighted by atomic mass is 9.92. The van der Waals surface area contributed by atoms with Gasteiger partial charge in [-0.3, -0.25) is 9.59 Å². The minimum absolute atomic E-state index is 0.146. The highest BCUT2D eigenvalue weighted by Gasteiger charge is 2.56. The van der Waals surface area contributed by atoms with Crippen LogP contribution in [0.25, 0.3) is 0 Å². The van der Waals surface area contributed by atoms with Crippen molar-refractivity contribution < 1.29 is 14.7 Å². The molecule has 2 fully saturated rings. The van der Waals surface area contributed by atoms with E-state index in [0.29, 0.717) is 13.0 Å². The van der Waals surface area contributed by atoms with Gasteiger partial charge < -0.3 is 15.7 Å². The molecule has 2 atom stereocenters. The Hall–Kier alpha value is -1.10. The molecule has 2 heterocycles. The molecule has 0 spiro atoms. The van der Waals surface area contributed by atoms with E-state index in [-0.39, 0.29) is 18.4 Å². The largest absolute Gasteiger partial charge is 0.377 e. The van der Waals surface area contributed by atoms with Crippen molar-refractivity contribution in [3.05, 3.63) is 0 Å². The van der Waals surface area contributed by atoms with E-state index in [4.69, 9.17) is 5.73 Å². The summed E-state index contributed by atoms with van der Waals surface area (Å²) in [6, 6.07) is -0.377. The van der Waals surface area contributed by atoms with Crippen LogP contribution in [0.1, 0.15) is 19.3 Å². The fourth-order valence-corrected chi connectivity index (χ4v) is 2.26. The van der Waals surface area contributed by atoms with E-state index in [1.807, 2.05) is 0 Å². The summed E-state index contributed by atoms with van der Waals surface area (Å²) >= 11 is 0. The summed E-state index contributed by atoms with van der Waals surface area (Å²) in [5.41, 5.74) is 3.46. The number of nitrogens with zero attached hydrogens (tertiary/aromatic N) is 1. The maximum Gasteiger partial charge on any atom is 0.252 e. The molecule has 0 bridgehead atoms. The van der Waals surface area contributed by atoms with Gasteiger partial charge in [-0.1, -0.05) is 0 Å². The van der Waals surface area contributed by atoms with Crippen LogP contribution in [0.2, 0.25) is 0 Å². The third-order valence-corrected chi connectivity index (χ3v) is 2.97. The zero-order valence-electron chi connectivity index (χ0n) is 7.19. The summed E-state index contributed by atoms with van der Waals surface area (Å²) in [5, 5.41) is 9.87. The molecule has 2 aliphatic heterocycles. The zero-order valence-corrected chi connectivity index (χ0v) is 7.19. The SMILES string of the molecule is NC(=O)C1(O)CC(=O)N2CCCC21. The normalized spacial score (nSPS) is 38.1. The van der Waals surface area contributed by atoms with Crippen molar-refractivity contribution in [2.45, 2.75) is 30.9 Å². The van der Waals surface area contributed by atoms with E-state index in [9.17, 15) is 14.7 Å². The number of rotatable bonds is 1. The first kappa shape index (κ1) is 8.50. The smallest absolute Gasteiger partial charge is 0.252 e. The number of hydrogen-bond acceptors (Lipinski definition) is 3. The van der Waals surface area contributed by atoms with Crippen LogP contribution < -0.4 is 5.73 Å². The molecule has 0 aromatic heterocycles. The Morgan fingerprint density at radius 3 is 3.00 bits per heavy atom. The number of primary amides is 1. The highest BCUT2D eigenvalue weighted by molar-refractivity contribution is 5.94. The molecule has 2 saturated heterocycles. The molecular formula is C8H12N2O3. The average molecular weight is 184 g/mol. The lowest BCUT2D eigenvalue weighted by Gasteiger charge is -2.25. The second-order valence-corrected chi connectivity index (χ2v) is 3.71. The van der Waals surface area contributed by atoms with E-state index in [1.165, 1.54) is 0 Å². The third kappa shape index (κ3) is 0.966. The molecule has 5 nitrogen and oxygen atoms in total. The Kier molecular flexibility index (Phi) is 1.60. The molecule has 0 radical (unpaired) electrons. The van der Waals surface area contributed by atoms with Crippen LogP contribution in [-0.4, -0.2) is 40.0 Å². The maximum absolute atomic E-state index is 11.3. The highest BCUT2D eigenvalue weighted by atomic mass is 16.3. The summed E-state index contributed by atoms with van der Waals surface area (Å²) in [5.74, 6) is -0.945. The minimum atomic E-state index is -1.62. The van der Waals surface area contributed by atoms with E-state index in [1.54, 1.807) is 4.90 Å². The van der Waals surface area contributed by atoms with Crippen LogP contribution in [-0.2, 0) is 9.59 Å². The molecule has 5 heteroatoms. The van der Waals surface area contributed by atoms with Crippen molar-refractivity contribution in [2.75, 3.05) is 6.54 Å². The van der Waals surface area contributed by atoms with E-state index in [2.05, 4.69) is 0 Å². The van der Waals surface area contributed by atoms with Gasteiger partial charge in [-0.05, 0) is 12.8 Å². The minimum Gasteiger partial charge on any atom is -0.377 e. The van der Waals surface area contributed by atoms with Gasteiger partial charge in [0.25, 0.3) is 5.91 Å². The number of hydrogen-bond donors (Lipinski definition) is 2. The predicted octanol–water partition coefficient (Wildman–Crippen LogP) is -1.40. The number of carbonyl (C=O) groups is 2. The molecule has 0 saturated carbocycles. The molecule has 2 unspecified atom stereocenters. The molecular weight excluding hydrogens is 172 g/mol. The number of nitrogens with two attached hydrogens (primary N) is 1. The van der Waals surface area contributed by atoms with Crippen molar-refractivity contribution in [3.8, 4) is 0 Å². The second kappa shape index (κ2) is 2.45. The van der Waals surface area contributed by atoms with Crippen LogP contribution in [0.15, 0.2) is 0 Å². The van der Waals surface area contributed by atoms with Gasteiger partial charge in [0.15, 0.2) is 5.60 Å². The molecule has 0 aromatic rings. The Morgan fingerprint density at radius 1 is 1.69 bits per heavy atom. The van der Waals surface area contributed by atoms with Crippen LogP contribution in [0, 0.1) is 0 Å². The van der Waals surface area contributed by atoms with Crippen LogP contribution in [0.4, 0.5) is 0 Å². The molecule has 2 rings (SSSR count). The van der Waals surface area contributed by atoms with Crippen molar-refractivity contribution in [2.24, 2.45) is 5.73 Å². The average Bonchev–Trinajstić information content (AvgIpc) is 2.57. The Morgan fingerprint density at radius 2 is 2.38 bits per heavy atom. The van der Waals surface area contributed by atoms with Crippen molar-refractivity contribution in [1.29, 1.82) is 0 Å². The molecule has 3 N–H and O–H groups in total. The van der Waals surface area contributed by atoms with Gasteiger partial charge >= 0.3 is 0 Å². The Balaban J connectivity index is 2.33. The summed E-state index contributed by atoms with van der Waals surface area (Å²) in [4.78, 5) is 23.9. The number of amides is 2. The van der Waals surface area contributed by atoms with Crippen molar-refractivity contribution in [1.82, 2.24) is 4.90 Å². The van der Waals surface area contributed by atoms with Crippen LogP contribution in [0.3, 0.4) is 0 Å². The van der Waals surface area contributed by atoms with E-state index >= 15 is 0 Å². The first-order chi connectivity index (χ1) is 6.05. The fraction of sp³-hybridized carbons (Fsp3) is 0.750. The quantitative estimate of drug-likeness (QED) is 0.525. The van der Waals surface area contributed by atoms with Crippen LogP contribution >= 0.6 is 0 Å². The summed E-state index contributed by atoms with van der Waals surface area (Å²) < 4.78 is 0. The summed E-state index contributed by atoms with van der Waals surface area (Å²) in [7, 11) is 0. The summed E-state index contributed by atoms with van der Waals surface area (Å²) in [6.45, 7) is 0.638. The topological polar surface area (TPSA) is 83.6 Å². The van der Waals surface area contributed by atoms with Gasteiger partial charge in [-0.2, -0.15) is 0 Å². The number of carbonyl (C=O) groups excluding carboxylic acids is 2. The third-order valence-electron chi connectivity index (χ3n) is 2.97. The van der Waals surface area contributed by atoms with Crippen LogP contribution in [0.5, 0.6) is 0 Å². The van der Waals surface area contributed by atoms with Gasteiger partial charge in [0, 0.05) is 6.54 Å².